The van der Waals surface area contributed by atoms with Crippen LogP contribution >= 0.6 is 0 Å². The van der Waals surface area contributed by atoms with Gasteiger partial charge in [0.25, 0.3) is 0 Å². The number of methoxy groups -OCH3 is 2. The summed E-state index contributed by atoms with van der Waals surface area (Å²) in [4.78, 5) is 16.9. The van der Waals surface area contributed by atoms with Crippen LogP contribution in [0.25, 0.3) is 0 Å². The maximum Gasteiger partial charge on any atom is 0.222 e. The van der Waals surface area contributed by atoms with Gasteiger partial charge in [0.15, 0.2) is 0 Å². The molecule has 0 aromatic heterocycles. The highest BCUT2D eigenvalue weighted by Gasteiger charge is 2.20. The second-order valence-corrected chi connectivity index (χ2v) is 6.85. The molecule has 1 fully saturated rings. The van der Waals surface area contributed by atoms with Gasteiger partial charge in [-0.15, -0.1) is 0 Å². The van der Waals surface area contributed by atoms with Crippen molar-refractivity contribution in [1.29, 1.82) is 0 Å². The maximum atomic E-state index is 12.5. The minimum atomic E-state index is 0.245. The molecule has 2 aromatic carbocycles. The molecule has 0 saturated carbocycles. The molecule has 1 heterocycles. The Hall–Kier alpha value is -2.53. The van der Waals surface area contributed by atoms with Gasteiger partial charge >= 0.3 is 0 Å². The van der Waals surface area contributed by atoms with Gasteiger partial charge in [-0.25, -0.2) is 0 Å². The molecule has 3 rings (SSSR count). The highest BCUT2D eigenvalue weighted by molar-refractivity contribution is 5.76. The van der Waals surface area contributed by atoms with Crippen LogP contribution < -0.4 is 9.47 Å². The van der Waals surface area contributed by atoms with Crippen molar-refractivity contribution in [2.45, 2.75) is 19.4 Å². The van der Waals surface area contributed by atoms with Crippen molar-refractivity contribution in [1.82, 2.24) is 9.80 Å². The monoisotopic (exact) mass is 368 g/mol. The van der Waals surface area contributed by atoms with E-state index in [1.165, 1.54) is 11.1 Å². The van der Waals surface area contributed by atoms with Gasteiger partial charge in [-0.2, -0.15) is 0 Å². The number of rotatable bonds is 7. The average molecular weight is 368 g/mol. The zero-order chi connectivity index (χ0) is 19.1. The smallest absolute Gasteiger partial charge is 0.222 e. The lowest BCUT2D eigenvalue weighted by Crippen LogP contribution is -2.48. The molecule has 0 atom stereocenters. The molecule has 0 N–H and O–H groups in total. The van der Waals surface area contributed by atoms with Crippen LogP contribution in [0.2, 0.25) is 0 Å². The van der Waals surface area contributed by atoms with Crippen molar-refractivity contribution < 1.29 is 14.3 Å². The van der Waals surface area contributed by atoms with Crippen LogP contribution in [0.4, 0.5) is 0 Å². The number of benzene rings is 2. The SMILES string of the molecule is COc1ccc(CCC(=O)N2CCN(Cc3ccc(OC)cc3)CC2)cc1. The first kappa shape index (κ1) is 19.2. The summed E-state index contributed by atoms with van der Waals surface area (Å²) in [5, 5.41) is 0. The molecule has 2 aromatic rings. The van der Waals surface area contributed by atoms with E-state index in [1.54, 1.807) is 14.2 Å². The van der Waals surface area contributed by atoms with E-state index in [-0.39, 0.29) is 5.91 Å². The fourth-order valence-electron chi connectivity index (χ4n) is 3.35. The predicted octanol–water partition coefficient (Wildman–Crippen LogP) is 2.98. The first-order chi connectivity index (χ1) is 13.2. The molecule has 1 saturated heterocycles. The number of hydrogen-bond acceptors (Lipinski definition) is 4. The standard InChI is InChI=1S/C22H28N2O3/c1-26-20-8-3-18(4-9-20)7-12-22(25)24-15-13-23(14-16-24)17-19-5-10-21(27-2)11-6-19/h3-6,8-11H,7,12-17H2,1-2H3. The number of amides is 1. The Labute approximate surface area is 161 Å². The summed E-state index contributed by atoms with van der Waals surface area (Å²) in [6.45, 7) is 4.35. The number of ether oxygens (including phenoxy) is 2. The third-order valence-corrected chi connectivity index (χ3v) is 5.08. The summed E-state index contributed by atoms with van der Waals surface area (Å²) in [5.41, 5.74) is 2.44. The second kappa shape index (κ2) is 9.42. The van der Waals surface area contributed by atoms with Crippen LogP contribution in [0.15, 0.2) is 48.5 Å². The van der Waals surface area contributed by atoms with E-state index < -0.39 is 0 Å². The highest BCUT2D eigenvalue weighted by Crippen LogP contribution is 2.16. The Kier molecular flexibility index (Phi) is 6.71. The van der Waals surface area contributed by atoms with Gasteiger partial charge < -0.3 is 14.4 Å². The first-order valence-corrected chi connectivity index (χ1v) is 9.44. The lowest BCUT2D eigenvalue weighted by molar-refractivity contribution is -0.133. The van der Waals surface area contributed by atoms with Crippen molar-refractivity contribution in [3.8, 4) is 11.5 Å². The summed E-state index contributed by atoms with van der Waals surface area (Å²) < 4.78 is 10.4. The second-order valence-electron chi connectivity index (χ2n) is 6.85. The molecule has 1 aliphatic rings. The van der Waals surface area contributed by atoms with Crippen molar-refractivity contribution in [3.63, 3.8) is 0 Å². The Morgan fingerprint density at radius 1 is 0.815 bits per heavy atom. The minimum absolute atomic E-state index is 0.245. The van der Waals surface area contributed by atoms with Gasteiger partial charge in [0.05, 0.1) is 14.2 Å². The Balaban J connectivity index is 1.41. The Morgan fingerprint density at radius 2 is 1.33 bits per heavy atom. The van der Waals surface area contributed by atoms with Crippen molar-refractivity contribution >= 4 is 5.91 Å². The fraction of sp³-hybridized carbons (Fsp3) is 0.409. The van der Waals surface area contributed by atoms with E-state index in [0.29, 0.717) is 6.42 Å². The summed E-state index contributed by atoms with van der Waals surface area (Å²) in [6.07, 6.45) is 1.33. The van der Waals surface area contributed by atoms with Crippen molar-refractivity contribution in [3.05, 3.63) is 59.7 Å². The zero-order valence-corrected chi connectivity index (χ0v) is 16.2. The molecular formula is C22H28N2O3. The highest BCUT2D eigenvalue weighted by atomic mass is 16.5. The van der Waals surface area contributed by atoms with Gasteiger partial charge in [0.2, 0.25) is 5.91 Å². The van der Waals surface area contributed by atoms with Crippen molar-refractivity contribution in [2.24, 2.45) is 0 Å². The average Bonchev–Trinajstić information content (AvgIpc) is 2.73. The van der Waals surface area contributed by atoms with E-state index >= 15 is 0 Å². The number of aryl methyl sites for hydroxylation is 1. The Morgan fingerprint density at radius 3 is 1.85 bits per heavy atom. The summed E-state index contributed by atoms with van der Waals surface area (Å²) >= 11 is 0. The van der Waals surface area contributed by atoms with Gasteiger partial charge in [0, 0.05) is 39.1 Å². The largest absolute Gasteiger partial charge is 0.497 e. The van der Waals surface area contributed by atoms with Gasteiger partial charge in [0.1, 0.15) is 11.5 Å². The van der Waals surface area contributed by atoms with E-state index in [0.717, 1.165) is 50.6 Å². The molecule has 0 radical (unpaired) electrons. The Bertz CT molecular complexity index is 720. The van der Waals surface area contributed by atoms with Gasteiger partial charge in [-0.3, -0.25) is 9.69 Å². The maximum absolute atomic E-state index is 12.5. The zero-order valence-electron chi connectivity index (χ0n) is 16.2. The first-order valence-electron chi connectivity index (χ1n) is 9.44. The van der Waals surface area contributed by atoms with E-state index in [4.69, 9.17) is 9.47 Å². The third kappa shape index (κ3) is 5.47. The number of hydrogen-bond donors (Lipinski definition) is 0. The minimum Gasteiger partial charge on any atom is -0.497 e. The van der Waals surface area contributed by atoms with Crippen LogP contribution in [-0.4, -0.2) is 56.1 Å². The van der Waals surface area contributed by atoms with Crippen LogP contribution in [0.1, 0.15) is 17.5 Å². The molecule has 0 unspecified atom stereocenters. The van der Waals surface area contributed by atoms with E-state index in [9.17, 15) is 4.79 Å². The van der Waals surface area contributed by atoms with Gasteiger partial charge in [-0.1, -0.05) is 24.3 Å². The number of nitrogens with zero attached hydrogens (tertiary/aromatic N) is 2. The van der Waals surface area contributed by atoms with Crippen LogP contribution in [0.5, 0.6) is 11.5 Å². The quantitative estimate of drug-likeness (QED) is 0.754. The summed E-state index contributed by atoms with van der Waals surface area (Å²) in [7, 11) is 3.34. The molecule has 5 nitrogen and oxygen atoms in total. The van der Waals surface area contributed by atoms with E-state index in [1.807, 2.05) is 41.3 Å². The molecule has 0 aliphatic carbocycles. The number of carbonyl (C=O) groups is 1. The number of carbonyl (C=O) groups excluding carboxylic acids is 1. The predicted molar refractivity (Wildman–Crippen MR) is 106 cm³/mol. The number of piperazine rings is 1. The van der Waals surface area contributed by atoms with E-state index in [2.05, 4.69) is 17.0 Å². The molecule has 144 valence electrons. The molecule has 1 aliphatic heterocycles. The summed E-state index contributed by atoms with van der Waals surface area (Å²) in [6, 6.07) is 16.1. The lowest BCUT2D eigenvalue weighted by atomic mass is 10.1. The molecule has 1 amide bonds. The molecule has 5 heteroatoms. The molecular weight excluding hydrogens is 340 g/mol. The van der Waals surface area contributed by atoms with Crippen molar-refractivity contribution in [2.75, 3.05) is 40.4 Å². The van der Waals surface area contributed by atoms with Crippen LogP contribution in [0, 0.1) is 0 Å². The third-order valence-electron chi connectivity index (χ3n) is 5.08. The normalized spacial score (nSPS) is 14.8. The summed E-state index contributed by atoms with van der Waals surface area (Å²) in [5.74, 6) is 1.97. The van der Waals surface area contributed by atoms with Crippen LogP contribution in [0.3, 0.4) is 0 Å². The molecule has 27 heavy (non-hydrogen) atoms. The lowest BCUT2D eigenvalue weighted by Gasteiger charge is -2.34. The fourth-order valence-corrected chi connectivity index (χ4v) is 3.35. The molecule has 0 bridgehead atoms. The van der Waals surface area contributed by atoms with Gasteiger partial charge in [-0.05, 0) is 41.8 Å². The topological polar surface area (TPSA) is 42.0 Å². The molecule has 0 spiro atoms. The van der Waals surface area contributed by atoms with Crippen LogP contribution in [-0.2, 0) is 17.8 Å².